The van der Waals surface area contributed by atoms with E-state index in [9.17, 15) is 0 Å². The molecule has 2 atom stereocenters. The quantitative estimate of drug-likeness (QED) is 0.890. The molecule has 1 fully saturated rings. The van der Waals surface area contributed by atoms with Crippen LogP contribution in [0.15, 0.2) is 29.2 Å². The Labute approximate surface area is 121 Å². The predicted octanol–water partition coefficient (Wildman–Crippen LogP) is 2.78. The summed E-state index contributed by atoms with van der Waals surface area (Å²) in [6.07, 6.45) is 3.98. The van der Waals surface area contributed by atoms with Crippen LogP contribution in [0.2, 0.25) is 0 Å². The minimum atomic E-state index is 0.730. The van der Waals surface area contributed by atoms with Gasteiger partial charge in [0.2, 0.25) is 0 Å². The highest BCUT2D eigenvalue weighted by Gasteiger charge is 2.24. The number of likely N-dealkylation sites (tertiary alicyclic amines) is 1. The zero-order chi connectivity index (χ0) is 13.1. The number of thioether (sulfide) groups is 1. The van der Waals surface area contributed by atoms with Gasteiger partial charge in [-0.15, -0.1) is 11.8 Å². The molecule has 0 aromatic heterocycles. The summed E-state index contributed by atoms with van der Waals surface area (Å²) in [5.41, 5.74) is 1.54. The van der Waals surface area contributed by atoms with Crippen molar-refractivity contribution in [2.75, 3.05) is 26.2 Å². The van der Waals surface area contributed by atoms with E-state index in [0.29, 0.717) is 0 Å². The van der Waals surface area contributed by atoms with E-state index < -0.39 is 0 Å². The van der Waals surface area contributed by atoms with E-state index in [1.54, 1.807) is 0 Å². The number of hydrogen-bond donors (Lipinski definition) is 1. The highest BCUT2D eigenvalue weighted by molar-refractivity contribution is 8.00. The molecule has 0 radical (unpaired) electrons. The second-order valence-electron chi connectivity index (χ2n) is 5.63. The third kappa shape index (κ3) is 3.15. The Kier molecular flexibility index (Phi) is 4.46. The van der Waals surface area contributed by atoms with Crippen molar-refractivity contribution in [2.45, 2.75) is 42.4 Å². The van der Waals surface area contributed by atoms with Crippen LogP contribution in [0, 0.1) is 0 Å². The number of benzene rings is 1. The van der Waals surface area contributed by atoms with Crippen molar-refractivity contribution in [3.63, 3.8) is 0 Å². The highest BCUT2D eigenvalue weighted by atomic mass is 32.2. The van der Waals surface area contributed by atoms with Crippen LogP contribution in [-0.4, -0.2) is 42.4 Å². The van der Waals surface area contributed by atoms with Crippen LogP contribution in [0.5, 0.6) is 0 Å². The molecule has 19 heavy (non-hydrogen) atoms. The first kappa shape index (κ1) is 13.5. The van der Waals surface area contributed by atoms with Gasteiger partial charge in [-0.3, -0.25) is 4.90 Å². The molecule has 3 rings (SSSR count). The summed E-state index contributed by atoms with van der Waals surface area (Å²) in [7, 11) is 0. The minimum absolute atomic E-state index is 0.730. The third-order valence-electron chi connectivity index (χ3n) is 4.37. The number of likely N-dealkylation sites (N-methyl/N-ethyl adjacent to an activating group) is 1. The van der Waals surface area contributed by atoms with Gasteiger partial charge in [-0.05, 0) is 44.0 Å². The molecule has 2 aliphatic rings. The van der Waals surface area contributed by atoms with Crippen LogP contribution >= 0.6 is 11.8 Å². The van der Waals surface area contributed by atoms with E-state index in [2.05, 4.69) is 41.4 Å². The molecule has 0 amide bonds. The fourth-order valence-electron chi connectivity index (χ4n) is 3.32. The summed E-state index contributed by atoms with van der Waals surface area (Å²) < 4.78 is 0. The lowest BCUT2D eigenvalue weighted by atomic mass is 10.1. The molecule has 3 heteroatoms. The van der Waals surface area contributed by atoms with Gasteiger partial charge in [0.1, 0.15) is 0 Å². The first-order chi connectivity index (χ1) is 9.36. The predicted molar refractivity (Wildman–Crippen MR) is 82.9 cm³/mol. The summed E-state index contributed by atoms with van der Waals surface area (Å²) in [6, 6.07) is 9.62. The van der Waals surface area contributed by atoms with Crippen LogP contribution in [0.3, 0.4) is 0 Å². The van der Waals surface area contributed by atoms with Gasteiger partial charge in [0.05, 0.1) is 0 Å². The third-order valence-corrected chi connectivity index (χ3v) is 5.69. The van der Waals surface area contributed by atoms with Crippen LogP contribution in [0.4, 0.5) is 0 Å². The van der Waals surface area contributed by atoms with Gasteiger partial charge in [0.15, 0.2) is 0 Å². The lowest BCUT2D eigenvalue weighted by molar-refractivity contribution is 0.260. The Morgan fingerprint density at radius 2 is 2.21 bits per heavy atom. The molecule has 2 unspecified atom stereocenters. The highest BCUT2D eigenvalue weighted by Crippen LogP contribution is 2.36. The molecule has 1 saturated heterocycles. The van der Waals surface area contributed by atoms with E-state index in [0.717, 1.165) is 17.8 Å². The summed E-state index contributed by atoms with van der Waals surface area (Å²) in [6.45, 7) is 7.10. The standard InChI is InChI=1S/C16H24N2S/c1-2-18-9-5-7-14(18)11-17-12-15-10-13-6-3-4-8-16(13)19-15/h3-4,6,8,14-15,17H,2,5,7,9-12H2,1H3. The summed E-state index contributed by atoms with van der Waals surface area (Å²) in [5, 5.41) is 4.44. The fraction of sp³-hybridized carbons (Fsp3) is 0.625. The SMILES string of the molecule is CCN1CCCC1CNCC1Cc2ccccc2S1. The summed E-state index contributed by atoms with van der Waals surface area (Å²) in [4.78, 5) is 4.11. The van der Waals surface area contributed by atoms with Gasteiger partial charge in [-0.1, -0.05) is 25.1 Å². The number of hydrogen-bond acceptors (Lipinski definition) is 3. The van der Waals surface area contributed by atoms with Crippen molar-refractivity contribution in [2.24, 2.45) is 0 Å². The topological polar surface area (TPSA) is 15.3 Å². The van der Waals surface area contributed by atoms with Crippen LogP contribution in [-0.2, 0) is 6.42 Å². The Balaban J connectivity index is 1.42. The normalized spacial score (nSPS) is 26.8. The zero-order valence-electron chi connectivity index (χ0n) is 11.8. The van der Waals surface area contributed by atoms with Gasteiger partial charge in [0.25, 0.3) is 0 Å². The van der Waals surface area contributed by atoms with Gasteiger partial charge in [-0.2, -0.15) is 0 Å². The molecular formula is C16H24N2S. The van der Waals surface area contributed by atoms with Crippen molar-refractivity contribution in [1.29, 1.82) is 0 Å². The van der Waals surface area contributed by atoms with Gasteiger partial charge >= 0.3 is 0 Å². The van der Waals surface area contributed by atoms with Gasteiger partial charge in [0, 0.05) is 29.3 Å². The summed E-state index contributed by atoms with van der Waals surface area (Å²) >= 11 is 2.05. The molecule has 1 N–H and O–H groups in total. The number of fused-ring (bicyclic) bond motifs is 1. The Bertz CT molecular complexity index is 396. The molecule has 2 heterocycles. The molecule has 0 saturated carbocycles. The van der Waals surface area contributed by atoms with E-state index in [4.69, 9.17) is 0 Å². The minimum Gasteiger partial charge on any atom is -0.314 e. The Morgan fingerprint density at radius 1 is 1.32 bits per heavy atom. The maximum Gasteiger partial charge on any atom is 0.0260 e. The molecule has 104 valence electrons. The number of nitrogens with zero attached hydrogens (tertiary/aromatic N) is 1. The molecular weight excluding hydrogens is 252 g/mol. The second-order valence-corrected chi connectivity index (χ2v) is 6.98. The van der Waals surface area contributed by atoms with Crippen LogP contribution in [0.25, 0.3) is 0 Å². The van der Waals surface area contributed by atoms with Crippen LogP contribution in [0.1, 0.15) is 25.3 Å². The molecule has 2 aliphatic heterocycles. The average molecular weight is 276 g/mol. The maximum absolute atomic E-state index is 3.71. The smallest absolute Gasteiger partial charge is 0.0260 e. The monoisotopic (exact) mass is 276 g/mol. The lowest BCUT2D eigenvalue weighted by Crippen LogP contribution is -2.39. The first-order valence-corrected chi connectivity index (χ1v) is 8.44. The number of rotatable bonds is 5. The molecule has 1 aromatic carbocycles. The molecule has 1 aromatic rings. The van der Waals surface area contributed by atoms with E-state index >= 15 is 0 Å². The van der Waals surface area contributed by atoms with Gasteiger partial charge in [-0.25, -0.2) is 0 Å². The van der Waals surface area contributed by atoms with Crippen molar-refractivity contribution in [3.05, 3.63) is 29.8 Å². The maximum atomic E-state index is 3.71. The van der Waals surface area contributed by atoms with E-state index in [-0.39, 0.29) is 0 Å². The summed E-state index contributed by atoms with van der Waals surface area (Å²) in [5.74, 6) is 0. The van der Waals surface area contributed by atoms with E-state index in [1.165, 1.54) is 49.4 Å². The van der Waals surface area contributed by atoms with E-state index in [1.807, 2.05) is 11.8 Å². The first-order valence-electron chi connectivity index (χ1n) is 7.56. The van der Waals surface area contributed by atoms with Crippen molar-refractivity contribution in [1.82, 2.24) is 10.2 Å². The molecule has 0 spiro atoms. The largest absolute Gasteiger partial charge is 0.314 e. The Morgan fingerprint density at radius 3 is 3.05 bits per heavy atom. The zero-order valence-corrected chi connectivity index (χ0v) is 12.6. The molecule has 0 bridgehead atoms. The van der Waals surface area contributed by atoms with Crippen LogP contribution < -0.4 is 5.32 Å². The Hall–Kier alpha value is -0.510. The average Bonchev–Trinajstić information content (AvgIpc) is 3.04. The van der Waals surface area contributed by atoms with Crippen molar-refractivity contribution >= 4 is 11.8 Å². The molecule has 0 aliphatic carbocycles. The lowest BCUT2D eigenvalue weighted by Gasteiger charge is -2.23. The molecule has 2 nitrogen and oxygen atoms in total. The number of nitrogens with one attached hydrogen (secondary N) is 1. The fourth-order valence-corrected chi connectivity index (χ4v) is 4.60. The van der Waals surface area contributed by atoms with Gasteiger partial charge < -0.3 is 5.32 Å². The van der Waals surface area contributed by atoms with Crippen molar-refractivity contribution < 1.29 is 0 Å². The second kappa shape index (κ2) is 6.29. The van der Waals surface area contributed by atoms with Crippen molar-refractivity contribution in [3.8, 4) is 0 Å².